The molecule has 0 aliphatic carbocycles. The molecule has 0 saturated heterocycles. The molecule has 5 N–H and O–H groups in total. The highest BCUT2D eigenvalue weighted by Gasteiger charge is 2.15. The second kappa shape index (κ2) is 6.44. The highest BCUT2D eigenvalue weighted by atomic mass is 35.5. The van der Waals surface area contributed by atoms with Gasteiger partial charge in [0.25, 0.3) is 0 Å². The van der Waals surface area contributed by atoms with Crippen molar-refractivity contribution in [2.24, 2.45) is 5.73 Å². The van der Waals surface area contributed by atoms with E-state index in [-0.39, 0.29) is 10.7 Å². The number of nitrogens with one attached hydrogen (secondary N) is 1. The summed E-state index contributed by atoms with van der Waals surface area (Å²) in [5.41, 5.74) is 15.7. The van der Waals surface area contributed by atoms with Crippen LogP contribution < -0.4 is 16.8 Å². The maximum absolute atomic E-state index is 14.2. The van der Waals surface area contributed by atoms with Gasteiger partial charge in [-0.3, -0.25) is 4.40 Å². The normalized spacial score (nSPS) is 11.3. The minimum absolute atomic E-state index is 0.167. The summed E-state index contributed by atoms with van der Waals surface area (Å²) >= 11 is 6.14. The summed E-state index contributed by atoms with van der Waals surface area (Å²) in [4.78, 5) is 8.90. The first-order chi connectivity index (χ1) is 12.6. The van der Waals surface area contributed by atoms with Gasteiger partial charge in [-0.15, -0.1) is 0 Å². The lowest BCUT2D eigenvalue weighted by atomic mass is 10.1. The van der Waals surface area contributed by atoms with E-state index in [1.165, 1.54) is 6.07 Å². The molecule has 6 nitrogen and oxygen atoms in total. The van der Waals surface area contributed by atoms with Crippen LogP contribution in [0, 0.1) is 5.82 Å². The number of benzene rings is 2. The molecule has 4 rings (SSSR count). The maximum atomic E-state index is 14.2. The molecule has 2 heterocycles. The van der Waals surface area contributed by atoms with Crippen LogP contribution in [0.5, 0.6) is 0 Å². The van der Waals surface area contributed by atoms with Crippen LogP contribution >= 0.6 is 11.6 Å². The largest absolute Gasteiger partial charge is 0.399 e. The van der Waals surface area contributed by atoms with Crippen molar-refractivity contribution in [3.8, 4) is 0 Å². The van der Waals surface area contributed by atoms with Crippen LogP contribution in [0.15, 0.2) is 42.9 Å². The molecule has 8 heteroatoms. The van der Waals surface area contributed by atoms with Crippen molar-refractivity contribution in [2.75, 3.05) is 17.6 Å². The monoisotopic (exact) mass is 370 g/mol. The molecule has 2 aromatic carbocycles. The van der Waals surface area contributed by atoms with Crippen molar-refractivity contribution in [3.05, 3.63) is 59.3 Å². The Labute approximate surface area is 153 Å². The van der Waals surface area contributed by atoms with E-state index in [1.54, 1.807) is 24.7 Å². The summed E-state index contributed by atoms with van der Waals surface area (Å²) in [6.45, 7) is 0.462. The van der Waals surface area contributed by atoms with Gasteiger partial charge in [-0.25, -0.2) is 14.4 Å². The zero-order chi connectivity index (χ0) is 18.3. The summed E-state index contributed by atoms with van der Waals surface area (Å²) in [5.74, 6) is -0.0124. The highest BCUT2D eigenvalue weighted by Crippen LogP contribution is 2.32. The van der Waals surface area contributed by atoms with Gasteiger partial charge in [0, 0.05) is 5.69 Å². The van der Waals surface area contributed by atoms with Gasteiger partial charge in [-0.1, -0.05) is 17.7 Å². The molecular formula is C18H16ClFN6. The third kappa shape index (κ3) is 2.71. The van der Waals surface area contributed by atoms with Crippen LogP contribution in [0.3, 0.4) is 0 Å². The Hall–Kier alpha value is -2.90. The number of nitrogens with zero attached hydrogens (tertiary/aromatic N) is 3. The lowest BCUT2D eigenvalue weighted by Gasteiger charge is -2.14. The van der Waals surface area contributed by atoms with E-state index in [0.717, 1.165) is 16.6 Å². The van der Waals surface area contributed by atoms with Crippen LogP contribution in [-0.2, 0) is 6.42 Å². The van der Waals surface area contributed by atoms with Crippen LogP contribution in [0.1, 0.15) is 5.56 Å². The van der Waals surface area contributed by atoms with E-state index in [9.17, 15) is 4.39 Å². The van der Waals surface area contributed by atoms with Gasteiger partial charge in [0.05, 0.1) is 34.3 Å². The first kappa shape index (κ1) is 16.6. The van der Waals surface area contributed by atoms with E-state index in [0.29, 0.717) is 30.0 Å². The first-order valence-corrected chi connectivity index (χ1v) is 8.41. The molecule has 0 bridgehead atoms. The molecule has 2 aromatic heterocycles. The lowest BCUT2D eigenvalue weighted by Crippen LogP contribution is -2.07. The van der Waals surface area contributed by atoms with Crippen molar-refractivity contribution in [1.82, 2.24) is 14.4 Å². The van der Waals surface area contributed by atoms with E-state index < -0.39 is 5.82 Å². The Morgan fingerprint density at radius 2 is 2.08 bits per heavy atom. The molecule has 0 aliphatic heterocycles. The number of fused-ring (bicyclic) bond motifs is 3. The molecule has 0 saturated carbocycles. The van der Waals surface area contributed by atoms with Crippen LogP contribution in [0.4, 0.5) is 21.6 Å². The second-order valence-corrected chi connectivity index (χ2v) is 6.32. The molecular weight excluding hydrogens is 355 g/mol. The Morgan fingerprint density at radius 1 is 1.23 bits per heavy atom. The second-order valence-electron chi connectivity index (χ2n) is 5.92. The number of nitrogen functional groups attached to an aromatic ring is 1. The van der Waals surface area contributed by atoms with Gasteiger partial charge in [0.1, 0.15) is 11.3 Å². The summed E-state index contributed by atoms with van der Waals surface area (Å²) in [7, 11) is 0. The number of hydrogen-bond acceptors (Lipinski definition) is 5. The molecule has 26 heavy (non-hydrogen) atoms. The zero-order valence-corrected chi connectivity index (χ0v) is 14.5. The third-order valence-corrected chi connectivity index (χ3v) is 4.49. The molecule has 132 valence electrons. The van der Waals surface area contributed by atoms with Crippen molar-refractivity contribution in [3.63, 3.8) is 0 Å². The van der Waals surface area contributed by atoms with Crippen LogP contribution in [0.25, 0.3) is 16.6 Å². The van der Waals surface area contributed by atoms with Crippen molar-refractivity contribution < 1.29 is 4.39 Å². The number of imidazole rings is 1. The molecule has 0 spiro atoms. The van der Waals surface area contributed by atoms with Crippen molar-refractivity contribution in [2.45, 2.75) is 6.42 Å². The minimum atomic E-state index is -0.462. The van der Waals surface area contributed by atoms with Crippen molar-refractivity contribution in [1.29, 1.82) is 0 Å². The Balaban J connectivity index is 1.98. The van der Waals surface area contributed by atoms with Gasteiger partial charge in [0.2, 0.25) is 0 Å². The van der Waals surface area contributed by atoms with Gasteiger partial charge < -0.3 is 16.8 Å². The van der Waals surface area contributed by atoms with E-state index >= 15 is 0 Å². The minimum Gasteiger partial charge on any atom is -0.399 e. The average Bonchev–Trinajstić information content (AvgIpc) is 3.09. The number of anilines is 3. The van der Waals surface area contributed by atoms with Gasteiger partial charge >= 0.3 is 0 Å². The number of halogens is 2. The van der Waals surface area contributed by atoms with E-state index in [1.807, 2.05) is 16.5 Å². The number of aromatic nitrogens is 3. The van der Waals surface area contributed by atoms with Crippen LogP contribution in [-0.4, -0.2) is 20.9 Å². The molecule has 0 radical (unpaired) electrons. The SMILES string of the molecule is NCCc1cc(N)cc2c1nc(Nc1c(F)cccc1Cl)c1cncn12. The maximum Gasteiger partial charge on any atom is 0.157 e. The standard InChI is InChI=1S/C18H16ClFN6/c19-12-2-1-3-13(20)17(12)25-18-15-8-23-9-26(15)14-7-11(22)6-10(4-5-21)16(14)24-18/h1-3,6-9H,4-5,21-22H2,(H,24,25). The Kier molecular flexibility index (Phi) is 4.10. The molecule has 0 amide bonds. The molecule has 0 unspecified atom stereocenters. The predicted molar refractivity (Wildman–Crippen MR) is 102 cm³/mol. The van der Waals surface area contributed by atoms with Gasteiger partial charge in [-0.2, -0.15) is 0 Å². The van der Waals surface area contributed by atoms with Crippen molar-refractivity contribution >= 4 is 45.3 Å². The summed E-state index contributed by atoms with van der Waals surface area (Å²) in [6.07, 6.45) is 3.93. The third-order valence-electron chi connectivity index (χ3n) is 4.18. The zero-order valence-electron chi connectivity index (χ0n) is 13.7. The van der Waals surface area contributed by atoms with Crippen LogP contribution in [0.2, 0.25) is 5.02 Å². The Morgan fingerprint density at radius 3 is 2.85 bits per heavy atom. The Bertz CT molecular complexity index is 1100. The van der Waals surface area contributed by atoms with Gasteiger partial charge in [-0.05, 0) is 42.8 Å². The smallest absolute Gasteiger partial charge is 0.157 e. The number of hydrogen-bond donors (Lipinski definition) is 3. The van der Waals surface area contributed by atoms with E-state index in [4.69, 9.17) is 28.1 Å². The summed E-state index contributed by atoms with van der Waals surface area (Å²) in [6, 6.07) is 8.18. The van der Waals surface area contributed by atoms with E-state index in [2.05, 4.69) is 10.3 Å². The topological polar surface area (TPSA) is 94.3 Å². The molecule has 0 atom stereocenters. The fraction of sp³-hybridized carbons (Fsp3) is 0.111. The number of para-hydroxylation sites is 1. The molecule has 0 fully saturated rings. The molecule has 4 aromatic rings. The average molecular weight is 371 g/mol. The lowest BCUT2D eigenvalue weighted by molar-refractivity contribution is 0.632. The summed E-state index contributed by atoms with van der Waals surface area (Å²) in [5, 5.41) is 3.27. The number of rotatable bonds is 4. The fourth-order valence-corrected chi connectivity index (χ4v) is 3.23. The molecule has 0 aliphatic rings. The number of nitrogens with two attached hydrogens (primary N) is 2. The highest BCUT2D eigenvalue weighted by molar-refractivity contribution is 6.33. The first-order valence-electron chi connectivity index (χ1n) is 8.03. The summed E-state index contributed by atoms with van der Waals surface area (Å²) < 4.78 is 16.1. The quantitative estimate of drug-likeness (QED) is 0.478. The fourth-order valence-electron chi connectivity index (χ4n) is 3.02. The van der Waals surface area contributed by atoms with Gasteiger partial charge in [0.15, 0.2) is 5.82 Å². The predicted octanol–water partition coefficient (Wildman–Crippen LogP) is 3.50.